The van der Waals surface area contributed by atoms with Crippen molar-refractivity contribution in [2.45, 2.75) is 12.6 Å². The lowest BCUT2D eigenvalue weighted by Crippen LogP contribution is -2.48. The van der Waals surface area contributed by atoms with Crippen LogP contribution < -0.4 is 16.4 Å². The summed E-state index contributed by atoms with van der Waals surface area (Å²) in [6, 6.07) is 6.54. The summed E-state index contributed by atoms with van der Waals surface area (Å²) >= 11 is 0. The van der Waals surface area contributed by atoms with Crippen LogP contribution in [0, 0.1) is 0 Å². The Hall–Kier alpha value is -2.08. The number of hydrogen-bond acceptors (Lipinski definition) is 3. The van der Waals surface area contributed by atoms with Crippen LogP contribution in [0.1, 0.15) is 15.9 Å². The Morgan fingerprint density at radius 2 is 1.94 bits per heavy atom. The van der Waals surface area contributed by atoms with Crippen molar-refractivity contribution in [3.8, 4) is 0 Å². The van der Waals surface area contributed by atoms with E-state index in [9.17, 15) is 9.59 Å². The summed E-state index contributed by atoms with van der Waals surface area (Å²) in [5.74, 6) is -0.113. The second-order valence-corrected chi connectivity index (χ2v) is 4.12. The Bertz CT molecular complexity index is 440. The minimum Gasteiger partial charge on any atom is -0.377 e. The van der Waals surface area contributed by atoms with Crippen molar-refractivity contribution in [2.75, 3.05) is 13.2 Å². The first kappa shape index (κ1) is 12.4. The molecule has 96 valence electrons. The minimum atomic E-state index is -0.568. The van der Waals surface area contributed by atoms with Gasteiger partial charge in [-0.3, -0.25) is 4.79 Å². The summed E-state index contributed by atoms with van der Waals surface area (Å²) in [6.07, 6.45) is 0. The van der Waals surface area contributed by atoms with Gasteiger partial charge in [0.25, 0.3) is 5.91 Å². The molecule has 1 aromatic carbocycles. The first-order valence-electron chi connectivity index (χ1n) is 5.66. The van der Waals surface area contributed by atoms with E-state index in [1.54, 1.807) is 24.3 Å². The number of urea groups is 1. The SMILES string of the molecule is NC(=O)NCc1ccc(C(=O)NC2COC2)cc1. The third-order valence-corrected chi connectivity index (χ3v) is 2.66. The largest absolute Gasteiger partial charge is 0.377 e. The summed E-state index contributed by atoms with van der Waals surface area (Å²) in [5, 5.41) is 5.33. The third-order valence-electron chi connectivity index (χ3n) is 2.66. The molecule has 0 bridgehead atoms. The number of carbonyl (C=O) groups excluding carboxylic acids is 2. The molecule has 1 saturated heterocycles. The molecule has 0 saturated carbocycles. The Balaban J connectivity index is 1.89. The molecule has 3 amide bonds. The van der Waals surface area contributed by atoms with E-state index < -0.39 is 6.03 Å². The molecular weight excluding hydrogens is 234 g/mol. The molecule has 0 spiro atoms. The van der Waals surface area contributed by atoms with Gasteiger partial charge < -0.3 is 21.1 Å². The van der Waals surface area contributed by atoms with Gasteiger partial charge in [-0.1, -0.05) is 12.1 Å². The maximum absolute atomic E-state index is 11.8. The molecule has 0 radical (unpaired) electrons. The fraction of sp³-hybridized carbons (Fsp3) is 0.333. The molecule has 1 aliphatic rings. The zero-order valence-corrected chi connectivity index (χ0v) is 9.81. The molecule has 1 heterocycles. The van der Waals surface area contributed by atoms with Gasteiger partial charge in [-0.25, -0.2) is 4.79 Å². The third kappa shape index (κ3) is 3.21. The van der Waals surface area contributed by atoms with Gasteiger partial charge in [-0.15, -0.1) is 0 Å². The van der Waals surface area contributed by atoms with Gasteiger partial charge in [0.15, 0.2) is 0 Å². The number of hydrogen-bond donors (Lipinski definition) is 3. The molecule has 0 unspecified atom stereocenters. The van der Waals surface area contributed by atoms with Crippen molar-refractivity contribution in [2.24, 2.45) is 5.73 Å². The van der Waals surface area contributed by atoms with Crippen LogP contribution in [0.15, 0.2) is 24.3 Å². The first-order valence-corrected chi connectivity index (χ1v) is 5.66. The molecule has 6 nitrogen and oxygen atoms in total. The maximum atomic E-state index is 11.8. The quantitative estimate of drug-likeness (QED) is 0.700. The molecule has 0 aromatic heterocycles. The number of ether oxygens (including phenoxy) is 1. The zero-order valence-electron chi connectivity index (χ0n) is 9.81. The van der Waals surface area contributed by atoms with E-state index >= 15 is 0 Å². The van der Waals surface area contributed by atoms with Crippen molar-refractivity contribution in [3.05, 3.63) is 35.4 Å². The van der Waals surface area contributed by atoms with Crippen LogP contribution in [0.2, 0.25) is 0 Å². The van der Waals surface area contributed by atoms with E-state index in [1.807, 2.05) is 0 Å². The normalized spacial score (nSPS) is 14.7. The number of rotatable bonds is 4. The fourth-order valence-electron chi connectivity index (χ4n) is 1.55. The highest BCUT2D eigenvalue weighted by molar-refractivity contribution is 5.94. The number of primary amides is 1. The van der Waals surface area contributed by atoms with Gasteiger partial charge in [0, 0.05) is 12.1 Å². The molecule has 18 heavy (non-hydrogen) atoms. The van der Waals surface area contributed by atoms with Gasteiger partial charge in [-0.05, 0) is 17.7 Å². The monoisotopic (exact) mass is 249 g/mol. The molecule has 1 fully saturated rings. The summed E-state index contributed by atoms with van der Waals surface area (Å²) in [4.78, 5) is 22.3. The number of carbonyl (C=O) groups is 2. The lowest BCUT2D eigenvalue weighted by Gasteiger charge is -2.26. The second kappa shape index (κ2) is 5.50. The zero-order chi connectivity index (χ0) is 13.0. The van der Waals surface area contributed by atoms with Crippen LogP contribution in [-0.4, -0.2) is 31.2 Å². The van der Waals surface area contributed by atoms with Crippen LogP contribution in [0.4, 0.5) is 4.79 Å². The Morgan fingerprint density at radius 1 is 1.28 bits per heavy atom. The van der Waals surface area contributed by atoms with Gasteiger partial charge in [-0.2, -0.15) is 0 Å². The highest BCUT2D eigenvalue weighted by Crippen LogP contribution is 2.06. The Kier molecular flexibility index (Phi) is 3.78. The molecule has 6 heteroatoms. The van der Waals surface area contributed by atoms with E-state index in [4.69, 9.17) is 10.5 Å². The maximum Gasteiger partial charge on any atom is 0.312 e. The Labute approximate surface area is 104 Å². The summed E-state index contributed by atoms with van der Waals surface area (Å²) < 4.78 is 4.98. The van der Waals surface area contributed by atoms with Crippen LogP contribution in [0.3, 0.4) is 0 Å². The van der Waals surface area contributed by atoms with Crippen LogP contribution in [0.25, 0.3) is 0 Å². The fourth-order valence-corrected chi connectivity index (χ4v) is 1.55. The molecule has 0 aliphatic carbocycles. The van der Waals surface area contributed by atoms with E-state index in [-0.39, 0.29) is 11.9 Å². The molecule has 2 rings (SSSR count). The number of nitrogens with one attached hydrogen (secondary N) is 2. The summed E-state index contributed by atoms with van der Waals surface area (Å²) in [5.41, 5.74) is 6.44. The van der Waals surface area contributed by atoms with Crippen LogP contribution in [-0.2, 0) is 11.3 Å². The predicted molar refractivity (Wildman–Crippen MR) is 64.9 cm³/mol. The van der Waals surface area contributed by atoms with Crippen LogP contribution in [0.5, 0.6) is 0 Å². The first-order chi connectivity index (χ1) is 8.65. The van der Waals surface area contributed by atoms with Crippen LogP contribution >= 0.6 is 0 Å². The van der Waals surface area contributed by atoms with Gasteiger partial charge >= 0.3 is 6.03 Å². The number of amides is 3. The second-order valence-electron chi connectivity index (χ2n) is 4.12. The molecule has 0 atom stereocenters. The van der Waals surface area contributed by atoms with E-state index in [0.29, 0.717) is 25.3 Å². The van der Waals surface area contributed by atoms with Gasteiger partial charge in [0.05, 0.1) is 19.3 Å². The van der Waals surface area contributed by atoms with Crippen molar-refractivity contribution in [3.63, 3.8) is 0 Å². The predicted octanol–water partition coefficient (Wildman–Crippen LogP) is -0.0165. The van der Waals surface area contributed by atoms with Crippen molar-refractivity contribution in [1.29, 1.82) is 0 Å². The molecule has 1 aromatic rings. The molecule has 4 N–H and O–H groups in total. The van der Waals surface area contributed by atoms with E-state index in [1.165, 1.54) is 0 Å². The van der Waals surface area contributed by atoms with E-state index in [0.717, 1.165) is 5.56 Å². The van der Waals surface area contributed by atoms with Crippen molar-refractivity contribution in [1.82, 2.24) is 10.6 Å². The van der Waals surface area contributed by atoms with Gasteiger partial charge in [0.2, 0.25) is 0 Å². The Morgan fingerprint density at radius 3 is 2.44 bits per heavy atom. The van der Waals surface area contributed by atoms with E-state index in [2.05, 4.69) is 10.6 Å². The summed E-state index contributed by atoms with van der Waals surface area (Å²) in [7, 11) is 0. The highest BCUT2D eigenvalue weighted by atomic mass is 16.5. The topological polar surface area (TPSA) is 93.5 Å². The number of benzene rings is 1. The van der Waals surface area contributed by atoms with Crippen molar-refractivity contribution >= 4 is 11.9 Å². The minimum absolute atomic E-state index is 0.113. The average molecular weight is 249 g/mol. The number of nitrogens with two attached hydrogens (primary N) is 1. The summed E-state index contributed by atoms with van der Waals surface area (Å²) in [6.45, 7) is 1.51. The lowest BCUT2D eigenvalue weighted by atomic mass is 10.1. The highest BCUT2D eigenvalue weighted by Gasteiger charge is 2.20. The smallest absolute Gasteiger partial charge is 0.312 e. The standard InChI is InChI=1S/C12H15N3O3/c13-12(17)14-5-8-1-3-9(4-2-8)11(16)15-10-6-18-7-10/h1-4,10H,5-7H2,(H,15,16)(H3,13,14,17). The molecule has 1 aliphatic heterocycles. The molecular formula is C12H15N3O3. The van der Waals surface area contributed by atoms with Crippen molar-refractivity contribution < 1.29 is 14.3 Å². The van der Waals surface area contributed by atoms with Gasteiger partial charge in [0.1, 0.15) is 0 Å². The lowest BCUT2D eigenvalue weighted by molar-refractivity contribution is -0.00346. The average Bonchev–Trinajstić information content (AvgIpc) is 2.31.